The third kappa shape index (κ3) is 5.93. The number of hydrogen-bond donors (Lipinski definition) is 1. The Balaban J connectivity index is 1.61. The SMILES string of the molecule is O=C(Nc1ccccc1F)C1CC(=O)N(Cc2ccc(Cl)cc2)C(=Nc2cccc(Cl)c2)S1. The number of halogens is 3. The van der Waals surface area contributed by atoms with Gasteiger partial charge in [0.1, 0.15) is 11.1 Å². The second-order valence-corrected chi connectivity index (χ2v) is 9.30. The Morgan fingerprint density at radius 1 is 1.06 bits per heavy atom. The number of nitrogens with one attached hydrogen (secondary N) is 1. The van der Waals surface area contributed by atoms with Gasteiger partial charge in [-0.15, -0.1) is 0 Å². The quantitative estimate of drug-likeness (QED) is 0.446. The zero-order chi connectivity index (χ0) is 23.4. The third-order valence-electron chi connectivity index (χ3n) is 4.85. The van der Waals surface area contributed by atoms with E-state index in [1.807, 2.05) is 12.1 Å². The molecule has 1 unspecified atom stereocenters. The van der Waals surface area contributed by atoms with Crippen molar-refractivity contribution in [3.8, 4) is 0 Å². The highest BCUT2D eigenvalue weighted by molar-refractivity contribution is 8.15. The summed E-state index contributed by atoms with van der Waals surface area (Å²) in [5.74, 6) is -1.28. The van der Waals surface area contributed by atoms with E-state index in [1.165, 1.54) is 23.1 Å². The number of amides is 2. The lowest BCUT2D eigenvalue weighted by atomic mass is 10.2. The molecule has 0 spiro atoms. The maximum absolute atomic E-state index is 14.0. The van der Waals surface area contributed by atoms with Crippen molar-refractivity contribution in [1.82, 2.24) is 4.90 Å². The maximum atomic E-state index is 14.0. The average Bonchev–Trinajstić information content (AvgIpc) is 2.79. The summed E-state index contributed by atoms with van der Waals surface area (Å²) in [4.78, 5) is 32.1. The summed E-state index contributed by atoms with van der Waals surface area (Å²) in [5, 5.41) is 3.26. The summed E-state index contributed by atoms with van der Waals surface area (Å²) < 4.78 is 14.0. The molecule has 5 nitrogen and oxygen atoms in total. The molecule has 1 fully saturated rings. The van der Waals surface area contributed by atoms with E-state index in [0.29, 0.717) is 20.9 Å². The van der Waals surface area contributed by atoms with E-state index >= 15 is 0 Å². The van der Waals surface area contributed by atoms with E-state index in [-0.39, 0.29) is 24.6 Å². The molecule has 4 rings (SSSR count). The van der Waals surface area contributed by atoms with E-state index in [1.54, 1.807) is 42.5 Å². The molecule has 2 amide bonds. The average molecular weight is 502 g/mol. The number of nitrogens with zero attached hydrogens (tertiary/aromatic N) is 2. The standard InChI is InChI=1S/C24H18Cl2FN3O2S/c25-16-10-8-15(9-11-16)14-30-22(31)13-21(23(32)29-20-7-2-1-6-19(20)27)33-24(30)28-18-5-3-4-17(26)12-18/h1-12,21H,13-14H2,(H,29,32). The number of aliphatic imine (C=N–C) groups is 1. The van der Waals surface area contributed by atoms with Crippen LogP contribution in [0.5, 0.6) is 0 Å². The van der Waals surface area contributed by atoms with Crippen LogP contribution in [-0.2, 0) is 16.1 Å². The number of anilines is 1. The van der Waals surface area contributed by atoms with Gasteiger partial charge in [-0.1, -0.05) is 65.3 Å². The van der Waals surface area contributed by atoms with Gasteiger partial charge in [0.05, 0.1) is 17.9 Å². The van der Waals surface area contributed by atoms with Crippen LogP contribution in [0, 0.1) is 5.82 Å². The van der Waals surface area contributed by atoms with E-state index in [2.05, 4.69) is 10.3 Å². The Morgan fingerprint density at radius 3 is 2.55 bits per heavy atom. The van der Waals surface area contributed by atoms with Crippen LogP contribution < -0.4 is 5.32 Å². The van der Waals surface area contributed by atoms with Crippen LogP contribution in [-0.4, -0.2) is 27.1 Å². The molecule has 168 valence electrons. The molecule has 1 atom stereocenters. The van der Waals surface area contributed by atoms with E-state index in [4.69, 9.17) is 23.2 Å². The molecular weight excluding hydrogens is 484 g/mol. The van der Waals surface area contributed by atoms with Crippen LogP contribution in [0.1, 0.15) is 12.0 Å². The van der Waals surface area contributed by atoms with Crippen molar-refractivity contribution in [1.29, 1.82) is 0 Å². The lowest BCUT2D eigenvalue weighted by Gasteiger charge is -2.32. The molecule has 1 aliphatic rings. The smallest absolute Gasteiger partial charge is 0.238 e. The number of hydrogen-bond acceptors (Lipinski definition) is 4. The molecule has 9 heteroatoms. The van der Waals surface area contributed by atoms with Crippen LogP contribution in [0.4, 0.5) is 15.8 Å². The summed E-state index contributed by atoms with van der Waals surface area (Å²) in [6, 6.07) is 19.9. The predicted molar refractivity (Wildman–Crippen MR) is 132 cm³/mol. The third-order valence-corrected chi connectivity index (χ3v) is 6.53. The van der Waals surface area contributed by atoms with Crippen LogP contribution in [0.25, 0.3) is 0 Å². The van der Waals surface area contributed by atoms with Gasteiger partial charge >= 0.3 is 0 Å². The van der Waals surface area contributed by atoms with Gasteiger partial charge in [0.15, 0.2) is 5.17 Å². The molecule has 3 aromatic carbocycles. The second-order valence-electron chi connectivity index (χ2n) is 7.26. The molecule has 0 radical (unpaired) electrons. The molecular formula is C24H18Cl2FN3O2S. The normalized spacial score (nSPS) is 17.3. The van der Waals surface area contributed by atoms with E-state index in [9.17, 15) is 14.0 Å². The molecule has 0 aromatic heterocycles. The first kappa shape index (κ1) is 23.3. The van der Waals surface area contributed by atoms with Gasteiger partial charge in [0.25, 0.3) is 0 Å². The molecule has 0 aliphatic carbocycles. The van der Waals surface area contributed by atoms with Gasteiger partial charge in [-0.25, -0.2) is 9.38 Å². The second kappa shape index (κ2) is 10.4. The monoisotopic (exact) mass is 501 g/mol. The van der Waals surface area contributed by atoms with E-state index in [0.717, 1.165) is 17.3 Å². The topological polar surface area (TPSA) is 61.8 Å². The van der Waals surface area contributed by atoms with Gasteiger partial charge in [0.2, 0.25) is 11.8 Å². The summed E-state index contributed by atoms with van der Waals surface area (Å²) >= 11 is 13.2. The first-order chi connectivity index (χ1) is 15.9. The number of carbonyl (C=O) groups is 2. The van der Waals surface area contributed by atoms with Crippen LogP contribution in [0.3, 0.4) is 0 Å². The van der Waals surface area contributed by atoms with E-state index < -0.39 is 17.0 Å². The highest BCUT2D eigenvalue weighted by atomic mass is 35.5. The Labute approximate surface area is 204 Å². The van der Waals surface area contributed by atoms with Gasteiger partial charge in [0, 0.05) is 16.5 Å². The summed E-state index contributed by atoms with van der Waals surface area (Å²) in [7, 11) is 0. The van der Waals surface area contributed by atoms with Crippen molar-refractivity contribution in [3.05, 3.63) is 94.2 Å². The Morgan fingerprint density at radius 2 is 1.82 bits per heavy atom. The number of carbonyl (C=O) groups excluding carboxylic acids is 2. The minimum atomic E-state index is -0.767. The molecule has 1 N–H and O–H groups in total. The number of rotatable bonds is 5. The van der Waals surface area contributed by atoms with Crippen LogP contribution >= 0.6 is 35.0 Å². The zero-order valence-corrected chi connectivity index (χ0v) is 19.5. The van der Waals surface area contributed by atoms with Crippen LogP contribution in [0.2, 0.25) is 10.0 Å². The van der Waals surface area contributed by atoms with Crippen molar-refractivity contribution >= 4 is 63.3 Å². The summed E-state index contributed by atoms with van der Waals surface area (Å²) in [5.41, 5.74) is 1.47. The number of benzene rings is 3. The van der Waals surface area contributed by atoms with Crippen molar-refractivity contribution in [2.45, 2.75) is 18.2 Å². The minimum absolute atomic E-state index is 0.0485. The highest BCUT2D eigenvalue weighted by Gasteiger charge is 2.36. The molecule has 0 bridgehead atoms. The summed E-state index contributed by atoms with van der Waals surface area (Å²) in [6.45, 7) is 0.268. The highest BCUT2D eigenvalue weighted by Crippen LogP contribution is 2.32. The van der Waals surface area contributed by atoms with Gasteiger partial charge in [-0.05, 0) is 48.0 Å². The minimum Gasteiger partial charge on any atom is -0.323 e. The molecule has 0 saturated carbocycles. The number of amidine groups is 1. The van der Waals surface area contributed by atoms with Gasteiger partial charge in [-0.3, -0.25) is 14.5 Å². The fourth-order valence-corrected chi connectivity index (χ4v) is 4.61. The van der Waals surface area contributed by atoms with Crippen molar-refractivity contribution in [2.24, 2.45) is 4.99 Å². The fourth-order valence-electron chi connectivity index (χ4n) is 3.20. The molecule has 3 aromatic rings. The lowest BCUT2D eigenvalue weighted by molar-refractivity contribution is -0.129. The Kier molecular flexibility index (Phi) is 7.33. The summed E-state index contributed by atoms with van der Waals surface area (Å²) in [6.07, 6.45) is -0.0485. The van der Waals surface area contributed by atoms with Crippen LogP contribution in [0.15, 0.2) is 77.8 Å². The predicted octanol–water partition coefficient (Wildman–Crippen LogP) is 6.29. The van der Waals surface area contributed by atoms with Gasteiger partial charge in [-0.2, -0.15) is 0 Å². The van der Waals surface area contributed by atoms with Gasteiger partial charge < -0.3 is 5.32 Å². The molecule has 33 heavy (non-hydrogen) atoms. The molecule has 1 saturated heterocycles. The first-order valence-corrected chi connectivity index (χ1v) is 11.6. The van der Waals surface area contributed by atoms with Crippen molar-refractivity contribution in [2.75, 3.05) is 5.32 Å². The fraction of sp³-hybridized carbons (Fsp3) is 0.125. The first-order valence-electron chi connectivity index (χ1n) is 10.00. The maximum Gasteiger partial charge on any atom is 0.238 e. The zero-order valence-electron chi connectivity index (χ0n) is 17.2. The largest absolute Gasteiger partial charge is 0.323 e. The van der Waals surface area contributed by atoms with Crippen molar-refractivity contribution < 1.29 is 14.0 Å². The molecule has 1 aliphatic heterocycles. The Hall–Kier alpha value is -2.87. The lowest BCUT2D eigenvalue weighted by Crippen LogP contribution is -2.44. The molecule has 1 heterocycles. The Bertz CT molecular complexity index is 1220. The number of para-hydroxylation sites is 1. The number of thioether (sulfide) groups is 1. The van der Waals surface area contributed by atoms with Crippen molar-refractivity contribution in [3.63, 3.8) is 0 Å².